The predicted octanol–water partition coefficient (Wildman–Crippen LogP) is 4.04. The molecule has 2 aromatic rings. The van der Waals surface area contributed by atoms with Gasteiger partial charge in [0.1, 0.15) is 0 Å². The lowest BCUT2D eigenvalue weighted by Crippen LogP contribution is -2.33. The lowest BCUT2D eigenvalue weighted by molar-refractivity contribution is -0.384. The monoisotopic (exact) mass is 447 g/mol. The van der Waals surface area contributed by atoms with E-state index in [2.05, 4.69) is 19.2 Å². The van der Waals surface area contributed by atoms with Gasteiger partial charge in [0, 0.05) is 25.1 Å². The summed E-state index contributed by atoms with van der Waals surface area (Å²) < 4.78 is 25.5. The second kappa shape index (κ2) is 10.9. The summed E-state index contributed by atoms with van der Waals surface area (Å²) in [5, 5.41) is 14.1. The summed E-state index contributed by atoms with van der Waals surface area (Å²) in [6.45, 7) is 4.23. The minimum Gasteiger partial charge on any atom is -0.349 e. The van der Waals surface area contributed by atoms with Gasteiger partial charge in [0.15, 0.2) is 0 Å². The molecule has 168 valence electrons. The molecule has 2 aromatic carbocycles. The topological polar surface area (TPSA) is 110 Å². The maximum absolute atomic E-state index is 12.6. The molecule has 0 heterocycles. The Morgan fingerprint density at radius 1 is 1.13 bits per heavy atom. The van der Waals surface area contributed by atoms with Crippen LogP contribution in [0.1, 0.15) is 44.7 Å². The van der Waals surface area contributed by atoms with E-state index in [-0.39, 0.29) is 42.7 Å². The van der Waals surface area contributed by atoms with Crippen molar-refractivity contribution < 1.29 is 18.1 Å². The molecule has 0 aromatic heterocycles. The number of amides is 1. The zero-order valence-corrected chi connectivity index (χ0v) is 18.8. The summed E-state index contributed by atoms with van der Waals surface area (Å²) in [5.74, 6) is 0.224. The Hall–Kier alpha value is -2.94. The van der Waals surface area contributed by atoms with Crippen LogP contribution in [0.15, 0.2) is 54.6 Å². The van der Waals surface area contributed by atoms with E-state index in [4.69, 9.17) is 0 Å². The number of sulfonamides is 1. The van der Waals surface area contributed by atoms with E-state index in [1.807, 2.05) is 30.3 Å². The van der Waals surface area contributed by atoms with Crippen molar-refractivity contribution in [3.05, 3.63) is 70.3 Å². The van der Waals surface area contributed by atoms with Crippen molar-refractivity contribution in [3.63, 3.8) is 0 Å². The molecule has 0 saturated heterocycles. The molecule has 0 unspecified atom stereocenters. The molecule has 0 saturated carbocycles. The van der Waals surface area contributed by atoms with Crippen LogP contribution < -0.4 is 9.62 Å². The number of anilines is 1. The standard InChI is InChI=1S/C22H29N3O5S/c1-17(2)15-21(18-9-5-4-6-10-18)23-22(26)13-8-14-24(31(3,29)30)19-11-7-12-20(16-19)25(27)28/h4-7,9-12,16-17,21H,8,13-15H2,1-3H3,(H,23,26)/t21-/m0/s1. The van der Waals surface area contributed by atoms with Crippen LogP contribution >= 0.6 is 0 Å². The first-order valence-electron chi connectivity index (χ1n) is 10.1. The average Bonchev–Trinajstić information content (AvgIpc) is 2.70. The number of hydrogen-bond acceptors (Lipinski definition) is 5. The number of rotatable bonds is 11. The summed E-state index contributed by atoms with van der Waals surface area (Å²) in [4.78, 5) is 23.0. The first-order valence-corrected chi connectivity index (χ1v) is 12.0. The number of hydrogen-bond donors (Lipinski definition) is 1. The van der Waals surface area contributed by atoms with Crippen molar-refractivity contribution in [2.75, 3.05) is 17.1 Å². The average molecular weight is 448 g/mol. The number of carbonyl (C=O) groups is 1. The first-order chi connectivity index (χ1) is 14.6. The summed E-state index contributed by atoms with van der Waals surface area (Å²) in [7, 11) is -3.66. The van der Waals surface area contributed by atoms with Gasteiger partial charge in [-0.3, -0.25) is 19.2 Å². The molecule has 0 radical (unpaired) electrons. The Labute approximate surface area is 183 Å². The van der Waals surface area contributed by atoms with Gasteiger partial charge in [0.2, 0.25) is 15.9 Å². The van der Waals surface area contributed by atoms with Crippen LogP contribution in [0, 0.1) is 16.0 Å². The van der Waals surface area contributed by atoms with Crippen molar-refractivity contribution in [1.82, 2.24) is 5.32 Å². The van der Waals surface area contributed by atoms with E-state index in [0.717, 1.165) is 22.5 Å². The number of benzene rings is 2. The van der Waals surface area contributed by atoms with Crippen LogP contribution in [-0.2, 0) is 14.8 Å². The zero-order valence-electron chi connectivity index (χ0n) is 18.0. The molecule has 2 rings (SSSR count). The van der Waals surface area contributed by atoms with E-state index >= 15 is 0 Å². The van der Waals surface area contributed by atoms with Crippen molar-refractivity contribution in [3.8, 4) is 0 Å². The van der Waals surface area contributed by atoms with Gasteiger partial charge in [-0.1, -0.05) is 50.2 Å². The Morgan fingerprint density at radius 2 is 1.81 bits per heavy atom. The lowest BCUT2D eigenvalue weighted by Gasteiger charge is -2.23. The molecule has 0 spiro atoms. The van der Waals surface area contributed by atoms with Crippen LogP contribution in [0.4, 0.5) is 11.4 Å². The number of nitrogens with zero attached hydrogens (tertiary/aromatic N) is 2. The highest BCUT2D eigenvalue weighted by molar-refractivity contribution is 7.92. The van der Waals surface area contributed by atoms with E-state index in [1.54, 1.807) is 0 Å². The minimum atomic E-state index is -3.66. The summed E-state index contributed by atoms with van der Waals surface area (Å²) in [6, 6.07) is 15.1. The highest BCUT2D eigenvalue weighted by atomic mass is 32.2. The molecule has 0 bridgehead atoms. The van der Waals surface area contributed by atoms with E-state index in [0.29, 0.717) is 5.92 Å². The Morgan fingerprint density at radius 3 is 2.39 bits per heavy atom. The van der Waals surface area contributed by atoms with Crippen LogP contribution in [0.25, 0.3) is 0 Å². The fraction of sp³-hybridized carbons (Fsp3) is 0.409. The Bertz CT molecular complexity index is 993. The normalized spacial score (nSPS) is 12.4. The number of non-ortho nitro benzene ring substituents is 1. The summed E-state index contributed by atoms with van der Waals surface area (Å²) in [5.41, 5.74) is 1.04. The molecule has 1 amide bonds. The number of nitro groups is 1. The number of nitrogens with one attached hydrogen (secondary N) is 1. The van der Waals surface area contributed by atoms with Crippen molar-refractivity contribution in [1.29, 1.82) is 0 Å². The van der Waals surface area contributed by atoms with E-state index in [9.17, 15) is 23.3 Å². The van der Waals surface area contributed by atoms with Gasteiger partial charge in [-0.25, -0.2) is 8.42 Å². The van der Waals surface area contributed by atoms with Gasteiger partial charge < -0.3 is 5.32 Å². The summed E-state index contributed by atoms with van der Waals surface area (Å²) in [6.07, 6.45) is 2.26. The van der Waals surface area contributed by atoms with Crippen LogP contribution in [0.3, 0.4) is 0 Å². The summed E-state index contributed by atoms with van der Waals surface area (Å²) >= 11 is 0. The zero-order chi connectivity index (χ0) is 23.0. The van der Waals surface area contributed by atoms with Crippen LogP contribution in [0.5, 0.6) is 0 Å². The largest absolute Gasteiger partial charge is 0.349 e. The lowest BCUT2D eigenvalue weighted by atomic mass is 9.97. The molecule has 1 atom stereocenters. The van der Waals surface area contributed by atoms with Gasteiger partial charge in [-0.05, 0) is 30.4 Å². The van der Waals surface area contributed by atoms with Crippen LogP contribution in [0.2, 0.25) is 0 Å². The molecular formula is C22H29N3O5S. The first kappa shape index (κ1) is 24.3. The van der Waals surface area contributed by atoms with Gasteiger partial charge in [0.25, 0.3) is 5.69 Å². The number of carbonyl (C=O) groups excluding carboxylic acids is 1. The predicted molar refractivity (Wildman–Crippen MR) is 121 cm³/mol. The van der Waals surface area contributed by atoms with Crippen molar-refractivity contribution in [2.45, 2.75) is 39.2 Å². The highest BCUT2D eigenvalue weighted by Crippen LogP contribution is 2.24. The molecular weight excluding hydrogens is 418 g/mol. The molecule has 0 aliphatic carbocycles. The van der Waals surface area contributed by atoms with Crippen molar-refractivity contribution in [2.24, 2.45) is 5.92 Å². The van der Waals surface area contributed by atoms with Gasteiger partial charge in [-0.2, -0.15) is 0 Å². The number of nitro benzene ring substituents is 1. The van der Waals surface area contributed by atoms with Crippen molar-refractivity contribution >= 4 is 27.3 Å². The Balaban J connectivity index is 2.03. The molecule has 0 fully saturated rings. The third-order valence-corrected chi connectivity index (χ3v) is 5.93. The van der Waals surface area contributed by atoms with E-state index in [1.165, 1.54) is 24.3 Å². The molecule has 8 nitrogen and oxygen atoms in total. The second-order valence-corrected chi connectivity index (χ2v) is 9.78. The fourth-order valence-electron chi connectivity index (χ4n) is 3.33. The van der Waals surface area contributed by atoms with Gasteiger partial charge in [-0.15, -0.1) is 0 Å². The molecule has 9 heteroatoms. The van der Waals surface area contributed by atoms with E-state index < -0.39 is 14.9 Å². The smallest absolute Gasteiger partial charge is 0.271 e. The van der Waals surface area contributed by atoms with Gasteiger partial charge >= 0.3 is 0 Å². The molecule has 0 aliphatic heterocycles. The second-order valence-electron chi connectivity index (χ2n) is 7.88. The maximum Gasteiger partial charge on any atom is 0.271 e. The molecule has 31 heavy (non-hydrogen) atoms. The van der Waals surface area contributed by atoms with Crippen LogP contribution in [-0.4, -0.2) is 32.0 Å². The SMILES string of the molecule is CC(C)C[C@H](NC(=O)CCCN(c1cccc([N+](=O)[O-])c1)S(C)(=O)=O)c1ccccc1. The van der Waals surface area contributed by atoms with Gasteiger partial charge in [0.05, 0.1) is 22.9 Å². The third kappa shape index (κ3) is 7.67. The molecule has 1 N–H and O–H groups in total. The minimum absolute atomic E-state index is 0.0492. The third-order valence-electron chi connectivity index (χ3n) is 4.74. The fourth-order valence-corrected chi connectivity index (χ4v) is 4.29. The molecule has 0 aliphatic rings. The highest BCUT2D eigenvalue weighted by Gasteiger charge is 2.21. The maximum atomic E-state index is 12.6. The quantitative estimate of drug-likeness (QED) is 0.413. The Kier molecular flexibility index (Phi) is 8.56.